The maximum atomic E-state index is 11.5. The second-order valence-electron chi connectivity index (χ2n) is 4.26. The molecule has 2 saturated heterocycles. The summed E-state index contributed by atoms with van der Waals surface area (Å²) < 4.78 is 0. The molecule has 2 heterocycles. The van der Waals surface area contributed by atoms with Gasteiger partial charge in [-0.2, -0.15) is 0 Å². The van der Waals surface area contributed by atoms with Crippen molar-refractivity contribution in [3.63, 3.8) is 0 Å². The number of rotatable bonds is 2. The molecule has 0 aliphatic carbocycles. The third-order valence-electron chi connectivity index (χ3n) is 3.18. The molecule has 2 aliphatic heterocycles. The zero-order chi connectivity index (χ0) is 11.1. The van der Waals surface area contributed by atoms with E-state index < -0.39 is 0 Å². The monoisotopic (exact) mass is 216 g/mol. The summed E-state index contributed by atoms with van der Waals surface area (Å²) in [5, 5.41) is 2.34. The topological polar surface area (TPSA) is 49.2 Å². The lowest BCUT2D eigenvalue weighted by Gasteiger charge is -2.08. The van der Waals surface area contributed by atoms with Crippen LogP contribution in [0.5, 0.6) is 0 Å². The van der Waals surface area contributed by atoms with E-state index in [1.165, 1.54) is 5.56 Å². The molecule has 3 rings (SSSR count). The second kappa shape index (κ2) is 3.42. The van der Waals surface area contributed by atoms with Crippen molar-refractivity contribution in [1.29, 1.82) is 0 Å². The van der Waals surface area contributed by atoms with Crippen LogP contribution in [0.1, 0.15) is 18.0 Å². The third-order valence-corrected chi connectivity index (χ3v) is 3.18. The van der Waals surface area contributed by atoms with Crippen molar-refractivity contribution in [2.75, 3.05) is 6.54 Å². The molecular formula is C12H12N2O2. The van der Waals surface area contributed by atoms with Crippen molar-refractivity contribution >= 4 is 11.8 Å². The minimum Gasteiger partial charge on any atom is -0.295 e. The highest BCUT2D eigenvalue weighted by Gasteiger charge is 2.47. The minimum atomic E-state index is -0.252. The van der Waals surface area contributed by atoms with Gasteiger partial charge in [0.05, 0.1) is 12.5 Å². The van der Waals surface area contributed by atoms with Crippen LogP contribution in [0.25, 0.3) is 0 Å². The van der Waals surface area contributed by atoms with Crippen molar-refractivity contribution in [3.8, 4) is 0 Å². The SMILES string of the molecule is O=C1CC(N2CC2c2ccccc2)C(=O)N1. The van der Waals surface area contributed by atoms with E-state index in [9.17, 15) is 9.59 Å². The summed E-state index contributed by atoms with van der Waals surface area (Å²) in [6, 6.07) is 10.1. The molecule has 4 nitrogen and oxygen atoms in total. The van der Waals surface area contributed by atoms with E-state index in [-0.39, 0.29) is 17.9 Å². The number of hydrogen-bond acceptors (Lipinski definition) is 3. The molecule has 2 amide bonds. The van der Waals surface area contributed by atoms with Gasteiger partial charge in [-0.3, -0.25) is 19.8 Å². The number of carbonyl (C=O) groups excluding carboxylic acids is 2. The fraction of sp³-hybridized carbons (Fsp3) is 0.333. The van der Waals surface area contributed by atoms with E-state index in [1.54, 1.807) is 0 Å². The van der Waals surface area contributed by atoms with Crippen LogP contribution in [0.3, 0.4) is 0 Å². The van der Waals surface area contributed by atoms with Gasteiger partial charge in [0.25, 0.3) is 0 Å². The molecule has 0 aromatic heterocycles. The number of imide groups is 1. The van der Waals surface area contributed by atoms with Crippen LogP contribution in [-0.2, 0) is 9.59 Å². The van der Waals surface area contributed by atoms with Crippen molar-refractivity contribution in [2.45, 2.75) is 18.5 Å². The Labute approximate surface area is 93.2 Å². The first-order valence-electron chi connectivity index (χ1n) is 5.40. The Morgan fingerprint density at radius 2 is 1.88 bits per heavy atom. The summed E-state index contributed by atoms with van der Waals surface area (Å²) >= 11 is 0. The number of benzene rings is 1. The van der Waals surface area contributed by atoms with Crippen LogP contribution in [0, 0.1) is 0 Å². The van der Waals surface area contributed by atoms with Gasteiger partial charge in [0, 0.05) is 12.6 Å². The van der Waals surface area contributed by atoms with E-state index in [1.807, 2.05) is 18.2 Å². The fourth-order valence-electron chi connectivity index (χ4n) is 2.28. The summed E-state index contributed by atoms with van der Waals surface area (Å²) in [7, 11) is 0. The predicted molar refractivity (Wildman–Crippen MR) is 57.4 cm³/mol. The number of nitrogens with zero attached hydrogens (tertiary/aromatic N) is 1. The molecule has 0 saturated carbocycles. The number of nitrogens with one attached hydrogen (secondary N) is 1. The maximum absolute atomic E-state index is 11.5. The predicted octanol–water partition coefficient (Wildman–Crippen LogP) is 0.458. The zero-order valence-corrected chi connectivity index (χ0v) is 8.72. The number of amides is 2. The van der Waals surface area contributed by atoms with Gasteiger partial charge in [-0.05, 0) is 5.56 Å². The van der Waals surface area contributed by atoms with Gasteiger partial charge in [-0.25, -0.2) is 0 Å². The average Bonchev–Trinajstić information content (AvgIpc) is 3.00. The molecule has 1 N–H and O–H groups in total. The van der Waals surface area contributed by atoms with E-state index in [4.69, 9.17) is 0 Å². The summed E-state index contributed by atoms with van der Waals surface area (Å²) in [5.74, 6) is -0.308. The van der Waals surface area contributed by atoms with E-state index in [0.29, 0.717) is 12.5 Å². The molecule has 0 spiro atoms. The van der Waals surface area contributed by atoms with Crippen LogP contribution in [0.15, 0.2) is 30.3 Å². The number of hydrogen-bond donors (Lipinski definition) is 1. The lowest BCUT2D eigenvalue weighted by atomic mass is 10.1. The van der Waals surface area contributed by atoms with Gasteiger partial charge in [0.15, 0.2) is 0 Å². The second-order valence-corrected chi connectivity index (χ2v) is 4.26. The largest absolute Gasteiger partial charge is 0.295 e. The van der Waals surface area contributed by atoms with Gasteiger partial charge in [-0.15, -0.1) is 0 Å². The van der Waals surface area contributed by atoms with Crippen molar-refractivity contribution in [3.05, 3.63) is 35.9 Å². The summed E-state index contributed by atoms with van der Waals surface area (Å²) in [5.41, 5.74) is 1.22. The standard InChI is InChI=1S/C12H12N2O2/c15-11-6-9(12(16)13-11)14-7-10(14)8-4-2-1-3-5-8/h1-5,9-10H,6-7H2,(H,13,15,16). The Morgan fingerprint density at radius 1 is 1.12 bits per heavy atom. The maximum Gasteiger partial charge on any atom is 0.244 e. The molecule has 16 heavy (non-hydrogen) atoms. The summed E-state index contributed by atoms with van der Waals surface area (Å²) in [6.45, 7) is 0.870. The van der Waals surface area contributed by atoms with Gasteiger partial charge in [0.1, 0.15) is 0 Å². The molecule has 2 fully saturated rings. The van der Waals surface area contributed by atoms with Gasteiger partial charge in [-0.1, -0.05) is 30.3 Å². The first-order valence-corrected chi connectivity index (χ1v) is 5.40. The highest BCUT2D eigenvalue weighted by Crippen LogP contribution is 2.38. The molecule has 0 bridgehead atoms. The summed E-state index contributed by atoms with van der Waals surface area (Å²) in [4.78, 5) is 24.6. The first-order chi connectivity index (χ1) is 7.75. The molecule has 3 atom stereocenters. The van der Waals surface area contributed by atoms with Crippen LogP contribution in [0.2, 0.25) is 0 Å². The highest BCUT2D eigenvalue weighted by molar-refractivity contribution is 6.05. The molecule has 82 valence electrons. The first kappa shape index (κ1) is 9.54. The van der Waals surface area contributed by atoms with Gasteiger partial charge < -0.3 is 0 Å². The minimum absolute atomic E-state index is 0.150. The van der Waals surface area contributed by atoms with E-state index in [0.717, 1.165) is 6.54 Å². The Morgan fingerprint density at radius 3 is 2.50 bits per heavy atom. The molecule has 1 aromatic rings. The van der Waals surface area contributed by atoms with Gasteiger partial charge in [0.2, 0.25) is 11.8 Å². The Hall–Kier alpha value is -1.68. The molecular weight excluding hydrogens is 204 g/mol. The molecule has 0 radical (unpaired) electrons. The lowest BCUT2D eigenvalue weighted by molar-refractivity contribution is -0.125. The lowest BCUT2D eigenvalue weighted by Crippen LogP contribution is -2.29. The fourth-order valence-corrected chi connectivity index (χ4v) is 2.28. The smallest absolute Gasteiger partial charge is 0.244 e. The molecule has 3 unspecified atom stereocenters. The van der Waals surface area contributed by atoms with E-state index in [2.05, 4.69) is 22.3 Å². The van der Waals surface area contributed by atoms with Crippen molar-refractivity contribution in [1.82, 2.24) is 10.2 Å². The molecule has 2 aliphatic rings. The molecule has 1 aromatic carbocycles. The normalized spacial score (nSPS) is 32.6. The Balaban J connectivity index is 1.73. The van der Waals surface area contributed by atoms with Crippen LogP contribution >= 0.6 is 0 Å². The van der Waals surface area contributed by atoms with Crippen LogP contribution in [-0.4, -0.2) is 29.3 Å². The van der Waals surface area contributed by atoms with Crippen LogP contribution in [0.4, 0.5) is 0 Å². The third kappa shape index (κ3) is 1.51. The van der Waals surface area contributed by atoms with Crippen molar-refractivity contribution < 1.29 is 9.59 Å². The highest BCUT2D eigenvalue weighted by atomic mass is 16.2. The molecule has 4 heteroatoms. The Bertz CT molecular complexity index is 444. The van der Waals surface area contributed by atoms with Gasteiger partial charge >= 0.3 is 0 Å². The number of carbonyl (C=O) groups is 2. The zero-order valence-electron chi connectivity index (χ0n) is 8.72. The van der Waals surface area contributed by atoms with Crippen molar-refractivity contribution in [2.24, 2.45) is 0 Å². The summed E-state index contributed by atoms with van der Waals surface area (Å²) in [6.07, 6.45) is 0.308. The Kier molecular flexibility index (Phi) is 2.04. The quantitative estimate of drug-likeness (QED) is 0.577. The van der Waals surface area contributed by atoms with Crippen LogP contribution < -0.4 is 5.32 Å². The average molecular weight is 216 g/mol. The van der Waals surface area contributed by atoms with E-state index >= 15 is 0 Å².